The molecule has 0 spiro atoms. The third kappa shape index (κ3) is 3.82. The lowest BCUT2D eigenvalue weighted by Crippen LogP contribution is -2.44. The van der Waals surface area contributed by atoms with Gasteiger partial charge in [0.1, 0.15) is 5.75 Å². The van der Waals surface area contributed by atoms with Gasteiger partial charge in [-0.05, 0) is 43.2 Å². The Labute approximate surface area is 136 Å². The quantitative estimate of drug-likeness (QED) is 0.858. The fourth-order valence-electron chi connectivity index (χ4n) is 3.32. The normalized spacial score (nSPS) is 26.2. The third-order valence-corrected chi connectivity index (χ3v) is 4.84. The molecule has 0 radical (unpaired) electrons. The molecule has 1 aromatic rings. The molecule has 126 valence electrons. The summed E-state index contributed by atoms with van der Waals surface area (Å²) in [6.45, 7) is 1.29. The van der Waals surface area contributed by atoms with Gasteiger partial charge >= 0.3 is 0 Å². The molecule has 0 aromatic carbocycles. The predicted octanol–water partition coefficient (Wildman–Crippen LogP) is 1.44. The number of pyridine rings is 1. The smallest absolute Gasteiger partial charge is 0.223 e. The molecule has 1 aliphatic heterocycles. The summed E-state index contributed by atoms with van der Waals surface area (Å²) < 4.78 is 10.6. The van der Waals surface area contributed by atoms with E-state index >= 15 is 0 Å². The summed E-state index contributed by atoms with van der Waals surface area (Å²) in [7, 11) is 1.60. The van der Waals surface area contributed by atoms with Crippen molar-refractivity contribution in [1.29, 1.82) is 0 Å². The maximum atomic E-state index is 12.6. The monoisotopic (exact) mass is 320 g/mol. The van der Waals surface area contributed by atoms with Gasteiger partial charge in [-0.2, -0.15) is 0 Å². The molecule has 1 aromatic heterocycles. The second kappa shape index (κ2) is 7.27. The van der Waals surface area contributed by atoms with Crippen LogP contribution in [0.2, 0.25) is 0 Å². The van der Waals surface area contributed by atoms with Gasteiger partial charge in [0.15, 0.2) is 0 Å². The van der Waals surface area contributed by atoms with Crippen molar-refractivity contribution >= 4 is 5.91 Å². The lowest BCUT2D eigenvalue weighted by Gasteiger charge is -2.39. The Balaban J connectivity index is 1.73. The standard InChI is InChI=1S/C17H24N2O4/c1-22-15-8-13(9-18-10-15)16(12-6-14(20)7-12)19-17(21)11-2-4-23-5-3-11/h8-12,14,16,20H,2-7H2,1H3,(H,19,21)/t12?,14?,16-/m1/s1. The van der Waals surface area contributed by atoms with Gasteiger partial charge in [0, 0.05) is 25.3 Å². The van der Waals surface area contributed by atoms with E-state index < -0.39 is 0 Å². The summed E-state index contributed by atoms with van der Waals surface area (Å²) in [5.74, 6) is 0.993. The number of aliphatic hydroxyl groups is 1. The Bertz CT molecular complexity index is 539. The first-order valence-corrected chi connectivity index (χ1v) is 8.22. The molecule has 2 N–H and O–H groups in total. The van der Waals surface area contributed by atoms with Crippen LogP contribution in [0.3, 0.4) is 0 Å². The van der Waals surface area contributed by atoms with Crippen molar-refractivity contribution in [3.63, 3.8) is 0 Å². The Kier molecular flexibility index (Phi) is 5.13. The maximum absolute atomic E-state index is 12.6. The van der Waals surface area contributed by atoms with E-state index in [0.29, 0.717) is 31.8 Å². The summed E-state index contributed by atoms with van der Waals surface area (Å²) in [4.78, 5) is 16.8. The van der Waals surface area contributed by atoms with E-state index in [9.17, 15) is 9.90 Å². The van der Waals surface area contributed by atoms with E-state index in [0.717, 1.165) is 18.4 Å². The Hall–Kier alpha value is -1.66. The highest BCUT2D eigenvalue weighted by atomic mass is 16.5. The molecule has 6 nitrogen and oxygen atoms in total. The van der Waals surface area contributed by atoms with Gasteiger partial charge in [0.25, 0.3) is 0 Å². The molecular weight excluding hydrogens is 296 g/mol. The molecule has 1 saturated carbocycles. The van der Waals surface area contributed by atoms with Crippen molar-refractivity contribution in [3.05, 3.63) is 24.0 Å². The van der Waals surface area contributed by atoms with Gasteiger partial charge in [0.05, 0.1) is 25.5 Å². The van der Waals surface area contributed by atoms with Gasteiger partial charge in [0.2, 0.25) is 5.91 Å². The molecule has 6 heteroatoms. The second-order valence-electron chi connectivity index (χ2n) is 6.42. The fraction of sp³-hybridized carbons (Fsp3) is 0.647. The highest BCUT2D eigenvalue weighted by molar-refractivity contribution is 5.79. The minimum absolute atomic E-state index is 0.00909. The fourth-order valence-corrected chi connectivity index (χ4v) is 3.32. The second-order valence-corrected chi connectivity index (χ2v) is 6.42. The number of nitrogens with one attached hydrogen (secondary N) is 1. The van der Waals surface area contributed by atoms with Crippen LogP contribution in [-0.4, -0.2) is 42.4 Å². The Morgan fingerprint density at radius 2 is 2.13 bits per heavy atom. The molecule has 0 unspecified atom stereocenters. The number of nitrogens with zero attached hydrogens (tertiary/aromatic N) is 1. The van der Waals surface area contributed by atoms with E-state index in [1.54, 1.807) is 19.5 Å². The molecule has 23 heavy (non-hydrogen) atoms. The van der Waals surface area contributed by atoms with Gasteiger partial charge in [-0.1, -0.05) is 0 Å². The lowest BCUT2D eigenvalue weighted by atomic mass is 9.75. The van der Waals surface area contributed by atoms with Crippen molar-refractivity contribution in [2.45, 2.75) is 37.8 Å². The summed E-state index contributed by atoms with van der Waals surface area (Å²) in [6, 6.07) is 1.78. The van der Waals surface area contributed by atoms with E-state index in [-0.39, 0.29) is 29.9 Å². The molecule has 2 heterocycles. The minimum Gasteiger partial charge on any atom is -0.495 e. The van der Waals surface area contributed by atoms with Crippen LogP contribution in [-0.2, 0) is 9.53 Å². The third-order valence-electron chi connectivity index (χ3n) is 4.84. The molecule has 1 atom stereocenters. The highest BCUT2D eigenvalue weighted by Crippen LogP contribution is 2.38. The van der Waals surface area contributed by atoms with Gasteiger partial charge in [-0.3, -0.25) is 9.78 Å². The molecular formula is C17H24N2O4. The number of methoxy groups -OCH3 is 1. The van der Waals surface area contributed by atoms with Crippen LogP contribution in [0.15, 0.2) is 18.5 Å². The maximum Gasteiger partial charge on any atom is 0.223 e. The van der Waals surface area contributed by atoms with Crippen molar-refractivity contribution < 1.29 is 19.4 Å². The van der Waals surface area contributed by atoms with Gasteiger partial charge in [-0.15, -0.1) is 0 Å². The molecule has 3 rings (SSSR count). The zero-order valence-corrected chi connectivity index (χ0v) is 13.4. The van der Waals surface area contributed by atoms with Crippen LogP contribution in [0.1, 0.15) is 37.3 Å². The van der Waals surface area contributed by atoms with E-state index in [1.165, 1.54) is 0 Å². The van der Waals surface area contributed by atoms with Crippen molar-refractivity contribution in [2.24, 2.45) is 11.8 Å². The number of hydrogen-bond donors (Lipinski definition) is 2. The largest absolute Gasteiger partial charge is 0.495 e. The van der Waals surface area contributed by atoms with Crippen LogP contribution in [0.25, 0.3) is 0 Å². The summed E-state index contributed by atoms with van der Waals surface area (Å²) in [6.07, 6.45) is 6.09. The van der Waals surface area contributed by atoms with Crippen LogP contribution < -0.4 is 10.1 Å². The van der Waals surface area contributed by atoms with Gasteiger partial charge < -0.3 is 19.9 Å². The number of ether oxygens (including phenoxy) is 2. The topological polar surface area (TPSA) is 80.7 Å². The van der Waals surface area contributed by atoms with Crippen LogP contribution in [0.4, 0.5) is 0 Å². The van der Waals surface area contributed by atoms with Crippen molar-refractivity contribution in [2.75, 3.05) is 20.3 Å². The first kappa shape index (κ1) is 16.2. The molecule has 1 aliphatic carbocycles. The average Bonchev–Trinajstić information content (AvgIpc) is 2.58. The Morgan fingerprint density at radius 1 is 1.39 bits per heavy atom. The van der Waals surface area contributed by atoms with Crippen molar-refractivity contribution in [3.8, 4) is 5.75 Å². The summed E-state index contributed by atoms with van der Waals surface area (Å²) in [5, 5.41) is 12.8. The summed E-state index contributed by atoms with van der Waals surface area (Å²) >= 11 is 0. The number of carbonyl (C=O) groups is 1. The number of amides is 1. The number of aliphatic hydroxyl groups excluding tert-OH is 1. The molecule has 2 fully saturated rings. The van der Waals surface area contributed by atoms with E-state index in [1.807, 2.05) is 6.07 Å². The zero-order chi connectivity index (χ0) is 16.2. The zero-order valence-electron chi connectivity index (χ0n) is 13.4. The molecule has 1 amide bonds. The highest BCUT2D eigenvalue weighted by Gasteiger charge is 2.37. The molecule has 1 saturated heterocycles. The van der Waals surface area contributed by atoms with Crippen molar-refractivity contribution in [1.82, 2.24) is 10.3 Å². The van der Waals surface area contributed by atoms with E-state index in [2.05, 4.69) is 10.3 Å². The van der Waals surface area contributed by atoms with Crippen LogP contribution >= 0.6 is 0 Å². The Morgan fingerprint density at radius 3 is 2.78 bits per heavy atom. The van der Waals surface area contributed by atoms with Gasteiger partial charge in [-0.25, -0.2) is 0 Å². The predicted molar refractivity (Wildman–Crippen MR) is 83.9 cm³/mol. The molecule has 2 aliphatic rings. The van der Waals surface area contributed by atoms with Crippen LogP contribution in [0.5, 0.6) is 5.75 Å². The number of aromatic nitrogens is 1. The number of hydrogen-bond acceptors (Lipinski definition) is 5. The first-order valence-electron chi connectivity index (χ1n) is 8.22. The first-order chi connectivity index (χ1) is 11.2. The van der Waals surface area contributed by atoms with E-state index in [4.69, 9.17) is 9.47 Å². The van der Waals surface area contributed by atoms with Crippen LogP contribution in [0, 0.1) is 11.8 Å². The summed E-state index contributed by atoms with van der Waals surface area (Å²) in [5.41, 5.74) is 0.932. The molecule has 0 bridgehead atoms. The minimum atomic E-state index is -0.263. The number of rotatable bonds is 5. The number of carbonyl (C=O) groups excluding carboxylic acids is 1. The average molecular weight is 320 g/mol. The SMILES string of the molecule is COc1cncc([C@H](NC(=O)C2CCOCC2)C2CC(O)C2)c1. The lowest BCUT2D eigenvalue weighted by molar-refractivity contribution is -0.129.